The number of halogens is 1. The second-order valence-corrected chi connectivity index (χ2v) is 7.17. The molecule has 1 saturated heterocycles. The molecule has 3 atom stereocenters. The lowest BCUT2D eigenvalue weighted by Gasteiger charge is -2.35. The molecular formula is C19H30ClN3O3. The van der Waals surface area contributed by atoms with Crippen molar-refractivity contribution < 1.29 is 14.3 Å². The summed E-state index contributed by atoms with van der Waals surface area (Å²) in [6.07, 6.45) is 1.52. The molecule has 1 aromatic carbocycles. The third kappa shape index (κ3) is 5.69. The van der Waals surface area contributed by atoms with Crippen LogP contribution in [0.15, 0.2) is 24.3 Å². The monoisotopic (exact) mass is 383 g/mol. The Balaban J connectivity index is 0.00000338. The minimum Gasteiger partial charge on any atom is -0.372 e. The second-order valence-electron chi connectivity index (χ2n) is 7.17. The van der Waals surface area contributed by atoms with Gasteiger partial charge in [-0.3, -0.25) is 9.59 Å². The molecule has 0 aromatic heterocycles. The Morgan fingerprint density at radius 3 is 2.27 bits per heavy atom. The van der Waals surface area contributed by atoms with Crippen molar-refractivity contribution in [3.8, 4) is 0 Å². The largest absolute Gasteiger partial charge is 0.372 e. The molecule has 1 aliphatic heterocycles. The molecule has 146 valence electrons. The molecule has 0 radical (unpaired) electrons. The van der Waals surface area contributed by atoms with Gasteiger partial charge in [-0.05, 0) is 51.5 Å². The maximum atomic E-state index is 12.6. The summed E-state index contributed by atoms with van der Waals surface area (Å²) in [5.41, 5.74) is 6.37. The van der Waals surface area contributed by atoms with Crippen molar-refractivity contribution in [1.29, 1.82) is 0 Å². The summed E-state index contributed by atoms with van der Waals surface area (Å²) >= 11 is 0. The summed E-state index contributed by atoms with van der Waals surface area (Å²) in [5.74, 6) is -0.237. The van der Waals surface area contributed by atoms with E-state index in [0.717, 1.165) is 6.42 Å². The van der Waals surface area contributed by atoms with E-state index in [-0.39, 0.29) is 36.4 Å². The predicted octanol–water partition coefficient (Wildman–Crippen LogP) is 2.81. The maximum Gasteiger partial charge on any atom is 0.254 e. The lowest BCUT2D eigenvalue weighted by Crippen LogP contribution is -2.48. The molecule has 7 heteroatoms. The molecule has 3 N–H and O–H groups in total. The van der Waals surface area contributed by atoms with E-state index in [0.29, 0.717) is 30.8 Å². The number of hydrogen-bond donors (Lipinski definition) is 2. The fourth-order valence-electron chi connectivity index (χ4n) is 3.13. The zero-order valence-corrected chi connectivity index (χ0v) is 16.8. The van der Waals surface area contributed by atoms with Crippen molar-refractivity contribution in [2.24, 2.45) is 5.73 Å². The molecule has 2 amide bonds. The predicted molar refractivity (Wildman–Crippen MR) is 106 cm³/mol. The molecule has 0 saturated carbocycles. The molecule has 0 bridgehead atoms. The van der Waals surface area contributed by atoms with Crippen molar-refractivity contribution >= 4 is 29.9 Å². The summed E-state index contributed by atoms with van der Waals surface area (Å²) in [6, 6.07) is 6.94. The van der Waals surface area contributed by atoms with Gasteiger partial charge in [-0.15, -0.1) is 12.4 Å². The molecule has 1 heterocycles. The van der Waals surface area contributed by atoms with Crippen LogP contribution in [0.25, 0.3) is 0 Å². The molecule has 1 fully saturated rings. The van der Waals surface area contributed by atoms with Crippen LogP contribution in [0, 0.1) is 0 Å². The van der Waals surface area contributed by atoms with E-state index in [1.54, 1.807) is 31.2 Å². The van der Waals surface area contributed by atoms with Crippen LogP contribution in [0.4, 0.5) is 5.69 Å². The smallest absolute Gasteiger partial charge is 0.254 e. The van der Waals surface area contributed by atoms with E-state index >= 15 is 0 Å². The zero-order chi connectivity index (χ0) is 18.6. The van der Waals surface area contributed by atoms with E-state index in [4.69, 9.17) is 10.5 Å². The van der Waals surface area contributed by atoms with Gasteiger partial charge in [0.1, 0.15) is 0 Å². The highest BCUT2D eigenvalue weighted by Crippen LogP contribution is 2.18. The van der Waals surface area contributed by atoms with Crippen molar-refractivity contribution in [1.82, 2.24) is 4.90 Å². The van der Waals surface area contributed by atoms with E-state index in [9.17, 15) is 9.59 Å². The van der Waals surface area contributed by atoms with Gasteiger partial charge in [0.25, 0.3) is 5.91 Å². The number of hydrogen-bond acceptors (Lipinski definition) is 4. The first-order valence-corrected chi connectivity index (χ1v) is 8.88. The molecule has 3 unspecified atom stereocenters. The number of carbonyl (C=O) groups excluding carboxylic acids is 2. The fourth-order valence-corrected chi connectivity index (χ4v) is 3.13. The average molecular weight is 384 g/mol. The lowest BCUT2D eigenvalue weighted by molar-refractivity contribution is -0.120. The third-order valence-corrected chi connectivity index (χ3v) is 4.38. The van der Waals surface area contributed by atoms with E-state index in [2.05, 4.69) is 5.32 Å². The van der Waals surface area contributed by atoms with Crippen molar-refractivity contribution in [2.75, 3.05) is 18.4 Å². The fraction of sp³-hybridized carbons (Fsp3) is 0.579. The first-order valence-electron chi connectivity index (χ1n) is 8.88. The van der Waals surface area contributed by atoms with Crippen LogP contribution in [0.1, 0.15) is 50.9 Å². The summed E-state index contributed by atoms with van der Waals surface area (Å²) in [4.78, 5) is 26.7. The van der Waals surface area contributed by atoms with Crippen molar-refractivity contribution in [3.63, 3.8) is 0 Å². The highest BCUT2D eigenvalue weighted by atomic mass is 35.5. The number of benzene rings is 1. The zero-order valence-electron chi connectivity index (χ0n) is 16.0. The number of amides is 2. The summed E-state index contributed by atoms with van der Waals surface area (Å²) < 4.78 is 5.66. The van der Waals surface area contributed by atoms with Crippen LogP contribution < -0.4 is 11.1 Å². The van der Waals surface area contributed by atoms with Crippen molar-refractivity contribution in [3.05, 3.63) is 29.8 Å². The van der Waals surface area contributed by atoms with Crippen molar-refractivity contribution in [2.45, 2.75) is 58.3 Å². The summed E-state index contributed by atoms with van der Waals surface area (Å²) in [6.45, 7) is 8.83. The first-order chi connectivity index (χ1) is 11.7. The SMILES string of the molecule is CCCC(C)(N)C(=O)Nc1ccc(C(=O)N2CC(C)OC(C)C2)cc1.Cl. The number of anilines is 1. The van der Waals surface area contributed by atoms with E-state index < -0.39 is 5.54 Å². The van der Waals surface area contributed by atoms with Gasteiger partial charge in [-0.25, -0.2) is 0 Å². The number of nitrogens with zero attached hydrogens (tertiary/aromatic N) is 1. The number of nitrogens with two attached hydrogens (primary N) is 1. The minimum atomic E-state index is -0.899. The molecule has 1 aliphatic rings. The molecule has 0 spiro atoms. The Bertz CT molecular complexity index is 609. The first kappa shape index (κ1) is 22.4. The van der Waals surface area contributed by atoms with Gasteiger partial charge in [-0.2, -0.15) is 0 Å². The standard InChI is InChI=1S/C19H29N3O3.ClH/c1-5-10-19(4,20)18(24)21-16-8-6-15(7-9-16)17(23)22-11-13(2)25-14(3)12-22;/h6-9,13-14H,5,10-12,20H2,1-4H3,(H,21,24);1H. The number of ether oxygens (including phenoxy) is 1. The van der Waals surface area contributed by atoms with Gasteiger partial charge >= 0.3 is 0 Å². The molecular weight excluding hydrogens is 354 g/mol. The molecule has 2 rings (SSSR count). The number of rotatable bonds is 5. The Kier molecular flexibility index (Phi) is 8.06. The lowest BCUT2D eigenvalue weighted by atomic mass is 9.96. The topological polar surface area (TPSA) is 84.7 Å². The van der Waals surface area contributed by atoms with Gasteiger partial charge in [0, 0.05) is 24.3 Å². The minimum absolute atomic E-state index is 0. The quantitative estimate of drug-likeness (QED) is 0.818. The Morgan fingerprint density at radius 2 is 1.77 bits per heavy atom. The van der Waals surface area contributed by atoms with Gasteiger partial charge < -0.3 is 20.7 Å². The number of nitrogens with one attached hydrogen (secondary N) is 1. The van der Waals surface area contributed by atoms with Gasteiger partial charge in [0.05, 0.1) is 17.7 Å². The molecule has 1 aromatic rings. The van der Waals surface area contributed by atoms with Crippen LogP contribution in [-0.4, -0.2) is 47.6 Å². The highest BCUT2D eigenvalue weighted by Gasteiger charge is 2.28. The van der Waals surface area contributed by atoms with Gasteiger partial charge in [-0.1, -0.05) is 13.3 Å². The van der Waals surface area contributed by atoms with Crippen LogP contribution in [0.2, 0.25) is 0 Å². The van der Waals surface area contributed by atoms with Crippen LogP contribution in [0.5, 0.6) is 0 Å². The third-order valence-electron chi connectivity index (χ3n) is 4.38. The van der Waals surface area contributed by atoms with E-state index in [1.807, 2.05) is 25.7 Å². The number of morpholine rings is 1. The normalized spacial score (nSPS) is 22.1. The molecule has 6 nitrogen and oxygen atoms in total. The summed E-state index contributed by atoms with van der Waals surface area (Å²) in [5, 5.41) is 2.82. The molecule has 0 aliphatic carbocycles. The number of carbonyl (C=O) groups is 2. The van der Waals surface area contributed by atoms with Crippen LogP contribution >= 0.6 is 12.4 Å². The Labute approximate surface area is 161 Å². The van der Waals surface area contributed by atoms with Crippen LogP contribution in [0.3, 0.4) is 0 Å². The second kappa shape index (κ2) is 9.35. The van der Waals surface area contributed by atoms with Gasteiger partial charge in [0.15, 0.2) is 0 Å². The Morgan fingerprint density at radius 1 is 1.23 bits per heavy atom. The Hall–Kier alpha value is -1.63. The average Bonchev–Trinajstić information content (AvgIpc) is 2.54. The van der Waals surface area contributed by atoms with Gasteiger partial charge in [0.2, 0.25) is 5.91 Å². The maximum absolute atomic E-state index is 12.6. The summed E-state index contributed by atoms with van der Waals surface area (Å²) in [7, 11) is 0. The molecule has 26 heavy (non-hydrogen) atoms. The van der Waals surface area contributed by atoms with E-state index in [1.165, 1.54) is 0 Å². The highest BCUT2D eigenvalue weighted by molar-refractivity contribution is 5.99. The van der Waals surface area contributed by atoms with Crippen LogP contribution in [-0.2, 0) is 9.53 Å².